The van der Waals surface area contributed by atoms with Crippen LogP contribution in [0, 0.1) is 5.92 Å². The van der Waals surface area contributed by atoms with Gasteiger partial charge in [0.25, 0.3) is 5.91 Å². The summed E-state index contributed by atoms with van der Waals surface area (Å²) >= 11 is 0. The van der Waals surface area contributed by atoms with E-state index in [0.717, 1.165) is 30.9 Å². The van der Waals surface area contributed by atoms with Crippen LogP contribution < -0.4 is 15.0 Å². The van der Waals surface area contributed by atoms with Crippen molar-refractivity contribution in [3.63, 3.8) is 0 Å². The molecule has 1 aliphatic rings. The minimum atomic E-state index is -0.174. The van der Waals surface area contributed by atoms with E-state index in [1.807, 2.05) is 18.2 Å². The molecule has 25 heavy (non-hydrogen) atoms. The third-order valence-electron chi connectivity index (χ3n) is 4.59. The second kappa shape index (κ2) is 7.42. The molecule has 6 heteroatoms. The average molecular weight is 341 g/mol. The molecular formula is C19H23N3O3. The Morgan fingerprint density at radius 1 is 1.36 bits per heavy atom. The number of anilines is 1. The summed E-state index contributed by atoms with van der Waals surface area (Å²) in [6.45, 7) is 3.96. The molecule has 0 aliphatic carbocycles. The van der Waals surface area contributed by atoms with E-state index in [1.54, 1.807) is 19.4 Å². The van der Waals surface area contributed by atoms with E-state index < -0.39 is 0 Å². The molecule has 0 radical (unpaired) electrons. The monoisotopic (exact) mass is 341 g/mol. The molecule has 2 aromatic rings. The van der Waals surface area contributed by atoms with E-state index in [-0.39, 0.29) is 11.7 Å². The Labute approximate surface area is 147 Å². The maximum atomic E-state index is 12.2. The van der Waals surface area contributed by atoms with Crippen molar-refractivity contribution in [1.29, 1.82) is 0 Å². The number of H-pyrrole nitrogens is 1. The van der Waals surface area contributed by atoms with Gasteiger partial charge in [0.05, 0.1) is 7.11 Å². The number of rotatable bonds is 6. The van der Waals surface area contributed by atoms with Crippen LogP contribution in [0.3, 0.4) is 0 Å². The minimum absolute atomic E-state index is 0.0555. The summed E-state index contributed by atoms with van der Waals surface area (Å²) in [7, 11) is 1.67. The third-order valence-corrected chi connectivity index (χ3v) is 4.59. The van der Waals surface area contributed by atoms with Crippen molar-refractivity contribution in [1.82, 2.24) is 10.3 Å². The molecule has 1 aromatic carbocycles. The lowest BCUT2D eigenvalue weighted by atomic mass is 10.1. The topological polar surface area (TPSA) is 74.4 Å². The SMILES string of the molecule is COc1cccc(N2CC[C@@H](CNC(=O)c3cc(C(C)=O)c[nH]3)C2)c1. The van der Waals surface area contributed by atoms with Gasteiger partial charge in [-0.15, -0.1) is 0 Å². The smallest absolute Gasteiger partial charge is 0.267 e. The second-order valence-electron chi connectivity index (χ2n) is 6.37. The first-order chi connectivity index (χ1) is 12.1. The van der Waals surface area contributed by atoms with Gasteiger partial charge in [-0.1, -0.05) is 6.07 Å². The zero-order valence-electron chi connectivity index (χ0n) is 14.5. The number of benzene rings is 1. The van der Waals surface area contributed by atoms with Crippen molar-refractivity contribution < 1.29 is 14.3 Å². The molecule has 0 bridgehead atoms. The first-order valence-corrected chi connectivity index (χ1v) is 8.43. The number of methoxy groups -OCH3 is 1. The fourth-order valence-corrected chi connectivity index (χ4v) is 3.10. The molecule has 1 atom stereocenters. The van der Waals surface area contributed by atoms with Gasteiger partial charge in [0, 0.05) is 43.1 Å². The number of Topliss-reactive ketones (excluding diaryl/α,β-unsaturated/α-hetero) is 1. The molecule has 0 saturated carbocycles. The quantitative estimate of drug-likeness (QED) is 0.792. The average Bonchev–Trinajstić information content (AvgIpc) is 3.29. The molecule has 1 aromatic heterocycles. The first-order valence-electron chi connectivity index (χ1n) is 8.43. The lowest BCUT2D eigenvalue weighted by molar-refractivity contribution is 0.0943. The first kappa shape index (κ1) is 17.1. The predicted molar refractivity (Wildman–Crippen MR) is 96.4 cm³/mol. The lowest BCUT2D eigenvalue weighted by Gasteiger charge is -2.19. The van der Waals surface area contributed by atoms with Crippen LogP contribution in [0.5, 0.6) is 5.75 Å². The molecule has 6 nitrogen and oxygen atoms in total. The highest BCUT2D eigenvalue weighted by Gasteiger charge is 2.23. The Kier molecular flexibility index (Phi) is 5.07. The van der Waals surface area contributed by atoms with Crippen molar-refractivity contribution in [3.05, 3.63) is 47.8 Å². The van der Waals surface area contributed by atoms with Gasteiger partial charge < -0.3 is 19.9 Å². The zero-order valence-corrected chi connectivity index (χ0v) is 14.5. The van der Waals surface area contributed by atoms with E-state index in [9.17, 15) is 9.59 Å². The van der Waals surface area contributed by atoms with Crippen molar-refractivity contribution in [2.45, 2.75) is 13.3 Å². The molecule has 1 saturated heterocycles. The molecule has 132 valence electrons. The number of aromatic amines is 1. The van der Waals surface area contributed by atoms with Crippen LogP contribution in [-0.2, 0) is 0 Å². The molecule has 1 fully saturated rings. The van der Waals surface area contributed by atoms with Crippen LogP contribution in [0.15, 0.2) is 36.5 Å². The summed E-state index contributed by atoms with van der Waals surface area (Å²) < 4.78 is 5.28. The van der Waals surface area contributed by atoms with Gasteiger partial charge in [0.2, 0.25) is 0 Å². The molecule has 2 heterocycles. The van der Waals surface area contributed by atoms with Gasteiger partial charge in [0.1, 0.15) is 11.4 Å². The molecule has 0 unspecified atom stereocenters. The van der Waals surface area contributed by atoms with Crippen LogP contribution in [0.4, 0.5) is 5.69 Å². The number of hydrogen-bond donors (Lipinski definition) is 2. The summed E-state index contributed by atoms with van der Waals surface area (Å²) in [6, 6.07) is 9.62. The molecule has 3 rings (SSSR count). The van der Waals surface area contributed by atoms with Gasteiger partial charge in [-0.25, -0.2) is 0 Å². The summed E-state index contributed by atoms with van der Waals surface area (Å²) in [5, 5.41) is 2.95. The Morgan fingerprint density at radius 3 is 2.92 bits per heavy atom. The molecular weight excluding hydrogens is 318 g/mol. The summed E-state index contributed by atoms with van der Waals surface area (Å²) in [5.41, 5.74) is 2.09. The highest BCUT2D eigenvalue weighted by Crippen LogP contribution is 2.26. The third kappa shape index (κ3) is 4.02. The standard InChI is InChI=1S/C19H23N3O3/c1-13(23)15-8-18(20-11-15)19(24)21-10-14-6-7-22(12-14)16-4-3-5-17(9-16)25-2/h3-5,8-9,11,14,20H,6-7,10,12H2,1-2H3,(H,21,24)/t14-/m0/s1. The fourth-order valence-electron chi connectivity index (χ4n) is 3.10. The van der Waals surface area contributed by atoms with Crippen LogP contribution in [0.25, 0.3) is 0 Å². The van der Waals surface area contributed by atoms with E-state index in [2.05, 4.69) is 21.3 Å². The van der Waals surface area contributed by atoms with Gasteiger partial charge in [-0.3, -0.25) is 9.59 Å². The van der Waals surface area contributed by atoms with E-state index in [1.165, 1.54) is 6.92 Å². The summed E-state index contributed by atoms with van der Waals surface area (Å²) in [4.78, 5) is 28.6. The van der Waals surface area contributed by atoms with Crippen molar-refractivity contribution >= 4 is 17.4 Å². The van der Waals surface area contributed by atoms with Crippen LogP contribution in [-0.4, -0.2) is 43.4 Å². The van der Waals surface area contributed by atoms with Crippen LogP contribution in [0.2, 0.25) is 0 Å². The van der Waals surface area contributed by atoms with Crippen LogP contribution in [0.1, 0.15) is 34.2 Å². The van der Waals surface area contributed by atoms with E-state index >= 15 is 0 Å². The zero-order chi connectivity index (χ0) is 17.8. The number of carbonyl (C=O) groups excluding carboxylic acids is 2. The van der Waals surface area contributed by atoms with Gasteiger partial charge in [-0.2, -0.15) is 0 Å². The lowest BCUT2D eigenvalue weighted by Crippen LogP contribution is -2.31. The predicted octanol–water partition coefficient (Wildman–Crippen LogP) is 2.48. The second-order valence-corrected chi connectivity index (χ2v) is 6.37. The number of ether oxygens (including phenoxy) is 1. The highest BCUT2D eigenvalue weighted by atomic mass is 16.5. The van der Waals surface area contributed by atoms with Gasteiger partial charge in [0.15, 0.2) is 5.78 Å². The number of carbonyl (C=O) groups is 2. The largest absolute Gasteiger partial charge is 0.497 e. The van der Waals surface area contributed by atoms with E-state index in [4.69, 9.17) is 4.74 Å². The molecule has 1 aliphatic heterocycles. The Morgan fingerprint density at radius 2 is 2.20 bits per heavy atom. The van der Waals surface area contributed by atoms with E-state index in [0.29, 0.717) is 23.7 Å². The normalized spacial score (nSPS) is 16.7. The summed E-state index contributed by atoms with van der Waals surface area (Å²) in [6.07, 6.45) is 2.60. The number of amides is 1. The van der Waals surface area contributed by atoms with Gasteiger partial charge >= 0.3 is 0 Å². The number of nitrogens with zero attached hydrogens (tertiary/aromatic N) is 1. The Hall–Kier alpha value is -2.76. The maximum absolute atomic E-state index is 12.2. The maximum Gasteiger partial charge on any atom is 0.267 e. The van der Waals surface area contributed by atoms with Crippen molar-refractivity contribution in [2.75, 3.05) is 31.6 Å². The highest BCUT2D eigenvalue weighted by molar-refractivity contribution is 5.99. The minimum Gasteiger partial charge on any atom is -0.497 e. The number of aromatic nitrogens is 1. The Balaban J connectivity index is 1.52. The van der Waals surface area contributed by atoms with Crippen LogP contribution >= 0.6 is 0 Å². The number of hydrogen-bond acceptors (Lipinski definition) is 4. The van der Waals surface area contributed by atoms with Crippen molar-refractivity contribution in [3.8, 4) is 5.75 Å². The molecule has 2 N–H and O–H groups in total. The number of nitrogens with one attached hydrogen (secondary N) is 2. The Bertz CT molecular complexity index is 769. The summed E-state index contributed by atoms with van der Waals surface area (Å²) in [5.74, 6) is 1.02. The fraction of sp³-hybridized carbons (Fsp3) is 0.368. The molecule has 0 spiro atoms. The van der Waals surface area contributed by atoms with Crippen molar-refractivity contribution in [2.24, 2.45) is 5.92 Å². The number of ketones is 1. The molecule has 1 amide bonds. The van der Waals surface area contributed by atoms with Gasteiger partial charge in [-0.05, 0) is 37.5 Å².